The Morgan fingerprint density at radius 3 is 2.21 bits per heavy atom. The number of aromatic hydroxyl groups is 1. The third kappa shape index (κ3) is 5.36. The second-order valence-corrected chi connectivity index (χ2v) is 3.12. The summed E-state index contributed by atoms with van der Waals surface area (Å²) in [4.78, 5) is 8.00. The van der Waals surface area contributed by atoms with Gasteiger partial charge in [-0.25, -0.2) is 0 Å². The normalized spacial score (nSPS) is 8.93. The number of benzene rings is 1. The van der Waals surface area contributed by atoms with Gasteiger partial charge in [-0.1, -0.05) is 31.9 Å². The zero-order valence-corrected chi connectivity index (χ0v) is 8.70. The molecule has 1 rings (SSSR count). The Bertz CT molecular complexity index is 229. The Morgan fingerprint density at radius 2 is 1.71 bits per heavy atom. The van der Waals surface area contributed by atoms with Crippen LogP contribution in [0.5, 0.6) is 5.75 Å². The van der Waals surface area contributed by atoms with Crippen molar-refractivity contribution >= 4 is 6.79 Å². The van der Waals surface area contributed by atoms with Crippen molar-refractivity contribution in [2.75, 3.05) is 0 Å². The number of phenolic OH excluding ortho intramolecular Hbond substituents is 1. The molecule has 1 aromatic rings. The van der Waals surface area contributed by atoms with Crippen molar-refractivity contribution in [2.24, 2.45) is 0 Å². The largest absolute Gasteiger partial charge is 0.508 e. The lowest BCUT2D eigenvalue weighted by Gasteiger charge is -1.99. The molecule has 0 aliphatic heterocycles. The minimum Gasteiger partial charge on any atom is -0.508 e. The van der Waals surface area contributed by atoms with Gasteiger partial charge in [0.15, 0.2) is 0 Å². The van der Waals surface area contributed by atoms with Crippen molar-refractivity contribution in [2.45, 2.75) is 32.6 Å². The molecule has 2 nitrogen and oxygen atoms in total. The fraction of sp³-hybridized carbons (Fsp3) is 0.417. The summed E-state index contributed by atoms with van der Waals surface area (Å²) >= 11 is 0. The highest BCUT2D eigenvalue weighted by molar-refractivity contribution is 5.25. The first-order chi connectivity index (χ1) is 6.83. The van der Waals surface area contributed by atoms with Crippen LogP contribution < -0.4 is 0 Å². The fourth-order valence-corrected chi connectivity index (χ4v) is 1.24. The predicted octanol–water partition coefficient (Wildman–Crippen LogP) is 2.94. The van der Waals surface area contributed by atoms with Gasteiger partial charge in [0.2, 0.25) is 0 Å². The number of unbranched alkanes of at least 4 members (excludes halogenated alkanes) is 2. The van der Waals surface area contributed by atoms with Gasteiger partial charge in [0, 0.05) is 0 Å². The summed E-state index contributed by atoms with van der Waals surface area (Å²) in [5.74, 6) is 0.356. The third-order valence-corrected chi connectivity index (χ3v) is 2.01. The van der Waals surface area contributed by atoms with E-state index in [4.69, 9.17) is 9.90 Å². The van der Waals surface area contributed by atoms with Crippen LogP contribution in [0.15, 0.2) is 24.3 Å². The summed E-state index contributed by atoms with van der Waals surface area (Å²) in [5, 5.41) is 9.03. The van der Waals surface area contributed by atoms with Gasteiger partial charge >= 0.3 is 0 Å². The van der Waals surface area contributed by atoms with Gasteiger partial charge in [0.05, 0.1) is 0 Å². The molecule has 0 atom stereocenters. The molecule has 0 fully saturated rings. The minimum atomic E-state index is 0.356. The van der Waals surface area contributed by atoms with Gasteiger partial charge in [0.1, 0.15) is 12.5 Å². The van der Waals surface area contributed by atoms with Crippen LogP contribution in [0.1, 0.15) is 31.7 Å². The van der Waals surface area contributed by atoms with Crippen molar-refractivity contribution in [3.63, 3.8) is 0 Å². The number of aryl methyl sites for hydroxylation is 1. The average Bonchev–Trinajstić information content (AvgIpc) is 2.24. The first-order valence-electron chi connectivity index (χ1n) is 4.89. The zero-order chi connectivity index (χ0) is 10.8. The highest BCUT2D eigenvalue weighted by Crippen LogP contribution is 2.12. The molecular formula is C12H18O2. The van der Waals surface area contributed by atoms with Crippen LogP contribution in [0.4, 0.5) is 0 Å². The van der Waals surface area contributed by atoms with E-state index in [2.05, 4.69) is 6.92 Å². The van der Waals surface area contributed by atoms with E-state index >= 15 is 0 Å². The van der Waals surface area contributed by atoms with E-state index in [0.717, 1.165) is 6.42 Å². The molecule has 0 aliphatic carbocycles. The summed E-state index contributed by atoms with van der Waals surface area (Å²) in [6.07, 6.45) is 4.94. The molecule has 0 bridgehead atoms. The van der Waals surface area contributed by atoms with E-state index in [-0.39, 0.29) is 0 Å². The van der Waals surface area contributed by atoms with Gasteiger partial charge in [-0.3, -0.25) is 0 Å². The predicted molar refractivity (Wildman–Crippen MR) is 58.5 cm³/mol. The molecule has 0 unspecified atom stereocenters. The fourth-order valence-electron chi connectivity index (χ4n) is 1.24. The maximum Gasteiger partial charge on any atom is 0.115 e. The van der Waals surface area contributed by atoms with Crippen LogP contribution in [0.3, 0.4) is 0 Å². The quantitative estimate of drug-likeness (QED) is 0.748. The number of phenols is 1. The number of hydrogen-bond donors (Lipinski definition) is 1. The monoisotopic (exact) mass is 194 g/mol. The molecule has 0 radical (unpaired) electrons. The smallest absolute Gasteiger partial charge is 0.115 e. The van der Waals surface area contributed by atoms with Gasteiger partial charge < -0.3 is 9.90 Å². The average molecular weight is 194 g/mol. The Labute approximate surface area is 85.6 Å². The highest BCUT2D eigenvalue weighted by Gasteiger charge is 1.92. The lowest BCUT2D eigenvalue weighted by molar-refractivity contribution is -0.0979. The Morgan fingerprint density at radius 1 is 1.14 bits per heavy atom. The van der Waals surface area contributed by atoms with Crippen molar-refractivity contribution in [1.82, 2.24) is 0 Å². The van der Waals surface area contributed by atoms with Crippen LogP contribution in [-0.4, -0.2) is 11.9 Å². The van der Waals surface area contributed by atoms with Crippen LogP contribution >= 0.6 is 0 Å². The van der Waals surface area contributed by atoms with E-state index in [1.54, 1.807) is 12.1 Å². The summed E-state index contributed by atoms with van der Waals surface area (Å²) in [6.45, 7) is 4.21. The molecule has 0 amide bonds. The lowest BCUT2D eigenvalue weighted by Crippen LogP contribution is -1.83. The Kier molecular flexibility index (Phi) is 7.52. The number of carbonyl (C=O) groups excluding carboxylic acids is 1. The standard InChI is InChI=1S/C11H16O.CH2O/c1-2-3-4-5-10-6-8-11(12)9-7-10;1-2/h6-9,12H,2-5H2,1H3;1H2. The third-order valence-electron chi connectivity index (χ3n) is 2.01. The number of rotatable bonds is 4. The second kappa shape index (κ2) is 8.30. The topological polar surface area (TPSA) is 37.3 Å². The second-order valence-electron chi connectivity index (χ2n) is 3.12. The lowest BCUT2D eigenvalue weighted by atomic mass is 10.1. The molecule has 78 valence electrons. The summed E-state index contributed by atoms with van der Waals surface area (Å²) in [5.41, 5.74) is 1.32. The van der Waals surface area contributed by atoms with Crippen molar-refractivity contribution in [3.8, 4) is 5.75 Å². The molecular weight excluding hydrogens is 176 g/mol. The Balaban J connectivity index is 0.000000791. The van der Waals surface area contributed by atoms with Crippen LogP contribution in [0, 0.1) is 0 Å². The van der Waals surface area contributed by atoms with Gasteiger partial charge in [-0.15, -0.1) is 0 Å². The highest BCUT2D eigenvalue weighted by atomic mass is 16.3. The molecule has 0 aromatic heterocycles. The van der Waals surface area contributed by atoms with Gasteiger partial charge in [-0.2, -0.15) is 0 Å². The number of carbonyl (C=O) groups is 1. The summed E-state index contributed by atoms with van der Waals surface area (Å²) < 4.78 is 0. The van der Waals surface area contributed by atoms with Crippen LogP contribution in [0.25, 0.3) is 0 Å². The minimum absolute atomic E-state index is 0.356. The number of hydrogen-bond acceptors (Lipinski definition) is 2. The molecule has 0 spiro atoms. The first-order valence-corrected chi connectivity index (χ1v) is 4.89. The van der Waals surface area contributed by atoms with E-state index in [1.165, 1.54) is 24.8 Å². The molecule has 1 N–H and O–H groups in total. The van der Waals surface area contributed by atoms with Gasteiger partial charge in [-0.05, 0) is 30.5 Å². The van der Waals surface area contributed by atoms with Crippen molar-refractivity contribution in [1.29, 1.82) is 0 Å². The first kappa shape index (κ1) is 12.7. The maximum absolute atomic E-state index is 9.03. The van der Waals surface area contributed by atoms with Crippen molar-refractivity contribution in [3.05, 3.63) is 29.8 Å². The van der Waals surface area contributed by atoms with E-state index in [9.17, 15) is 0 Å². The molecule has 0 saturated heterocycles. The van der Waals surface area contributed by atoms with E-state index in [1.807, 2.05) is 18.9 Å². The maximum atomic E-state index is 9.03. The molecule has 2 heteroatoms. The molecule has 1 aromatic carbocycles. The molecule has 0 heterocycles. The SMILES string of the molecule is C=O.CCCCCc1ccc(O)cc1. The van der Waals surface area contributed by atoms with E-state index in [0.29, 0.717) is 5.75 Å². The van der Waals surface area contributed by atoms with Crippen molar-refractivity contribution < 1.29 is 9.90 Å². The molecule has 14 heavy (non-hydrogen) atoms. The van der Waals surface area contributed by atoms with Crippen LogP contribution in [-0.2, 0) is 11.2 Å². The van der Waals surface area contributed by atoms with E-state index < -0.39 is 0 Å². The zero-order valence-electron chi connectivity index (χ0n) is 8.70. The van der Waals surface area contributed by atoms with Crippen LogP contribution in [0.2, 0.25) is 0 Å². The van der Waals surface area contributed by atoms with Gasteiger partial charge in [0.25, 0.3) is 0 Å². The molecule has 0 aliphatic rings. The summed E-state index contributed by atoms with van der Waals surface area (Å²) in [7, 11) is 0. The summed E-state index contributed by atoms with van der Waals surface area (Å²) in [6, 6.07) is 7.48. The Hall–Kier alpha value is -1.31. The molecule has 0 saturated carbocycles.